The number of amides is 1. The number of benzene rings is 2. The van der Waals surface area contributed by atoms with E-state index in [1.54, 1.807) is 0 Å². The molecule has 1 aliphatic rings. The van der Waals surface area contributed by atoms with Gasteiger partial charge in [-0.05, 0) is 35.2 Å². The van der Waals surface area contributed by atoms with E-state index in [4.69, 9.17) is 4.74 Å². The second kappa shape index (κ2) is 11.0. The van der Waals surface area contributed by atoms with Crippen LogP contribution in [0.4, 0.5) is 0 Å². The third kappa shape index (κ3) is 7.16. The molecule has 1 heterocycles. The Balaban J connectivity index is 1.39. The van der Waals surface area contributed by atoms with Gasteiger partial charge in [0, 0.05) is 46.2 Å². The lowest BCUT2D eigenvalue weighted by atomic mass is 10.00. The summed E-state index contributed by atoms with van der Waals surface area (Å²) >= 11 is 0. The van der Waals surface area contributed by atoms with E-state index in [2.05, 4.69) is 39.8 Å². The molecule has 0 saturated heterocycles. The van der Waals surface area contributed by atoms with E-state index < -0.39 is 6.10 Å². The van der Waals surface area contributed by atoms with Crippen LogP contribution in [0, 0.1) is 0 Å². The minimum atomic E-state index is -0.528. The highest BCUT2D eigenvalue weighted by Crippen LogP contribution is 2.19. The van der Waals surface area contributed by atoms with Crippen LogP contribution in [0.5, 0.6) is 5.75 Å². The van der Waals surface area contributed by atoms with Crippen molar-refractivity contribution in [1.29, 1.82) is 0 Å². The highest BCUT2D eigenvalue weighted by atomic mass is 16.5. The van der Waals surface area contributed by atoms with Crippen molar-refractivity contribution in [2.45, 2.75) is 32.5 Å². The maximum absolute atomic E-state index is 10.8. The zero-order valence-electron chi connectivity index (χ0n) is 17.1. The molecule has 0 fully saturated rings. The number of hydrogen-bond acceptors (Lipinski definition) is 5. The van der Waals surface area contributed by atoms with Gasteiger partial charge < -0.3 is 20.5 Å². The minimum absolute atomic E-state index is 0.0190. The van der Waals surface area contributed by atoms with Crippen molar-refractivity contribution in [2.75, 3.05) is 32.8 Å². The molecule has 2 aromatic carbocycles. The number of nitrogens with one attached hydrogen (secondary N) is 2. The van der Waals surface area contributed by atoms with Gasteiger partial charge in [-0.2, -0.15) is 0 Å². The van der Waals surface area contributed by atoms with Crippen LogP contribution >= 0.6 is 0 Å². The molecule has 0 bridgehead atoms. The number of nitrogens with zero attached hydrogens (tertiary/aromatic N) is 1. The van der Waals surface area contributed by atoms with Crippen molar-refractivity contribution < 1.29 is 14.6 Å². The molecule has 0 unspecified atom stereocenters. The van der Waals surface area contributed by atoms with E-state index in [1.165, 1.54) is 18.1 Å². The molecule has 1 aliphatic heterocycles. The summed E-state index contributed by atoms with van der Waals surface area (Å²) in [6.07, 6.45) is 0.500. The number of ether oxygens (including phenoxy) is 1. The average Bonchev–Trinajstić information content (AvgIpc) is 2.72. The lowest BCUT2D eigenvalue weighted by molar-refractivity contribution is -0.118. The summed E-state index contributed by atoms with van der Waals surface area (Å²) < 4.78 is 5.82. The predicted octanol–water partition coefficient (Wildman–Crippen LogP) is 1.71. The van der Waals surface area contributed by atoms with Gasteiger partial charge in [-0.25, -0.2) is 0 Å². The molecular formula is C23H31N3O3. The highest BCUT2D eigenvalue weighted by molar-refractivity contribution is 5.72. The molecule has 6 nitrogen and oxygen atoms in total. The fourth-order valence-corrected chi connectivity index (χ4v) is 3.56. The first-order valence-electron chi connectivity index (χ1n) is 10.2. The van der Waals surface area contributed by atoms with E-state index in [-0.39, 0.29) is 12.5 Å². The van der Waals surface area contributed by atoms with Gasteiger partial charge in [0.2, 0.25) is 5.91 Å². The molecule has 29 heavy (non-hydrogen) atoms. The molecule has 0 spiro atoms. The first-order valence-corrected chi connectivity index (χ1v) is 10.2. The van der Waals surface area contributed by atoms with Crippen LogP contribution in [-0.4, -0.2) is 54.8 Å². The van der Waals surface area contributed by atoms with Crippen LogP contribution in [0.15, 0.2) is 48.5 Å². The van der Waals surface area contributed by atoms with Gasteiger partial charge in [0.1, 0.15) is 18.5 Å². The smallest absolute Gasteiger partial charge is 0.216 e. The minimum Gasteiger partial charge on any atom is -0.491 e. The van der Waals surface area contributed by atoms with Crippen molar-refractivity contribution in [3.63, 3.8) is 0 Å². The van der Waals surface area contributed by atoms with Gasteiger partial charge in [-0.15, -0.1) is 0 Å². The number of hydrogen-bond donors (Lipinski definition) is 3. The van der Waals surface area contributed by atoms with E-state index in [0.717, 1.165) is 30.8 Å². The van der Waals surface area contributed by atoms with Gasteiger partial charge in [0.25, 0.3) is 0 Å². The molecule has 0 radical (unpaired) electrons. The molecule has 1 amide bonds. The Morgan fingerprint density at radius 3 is 2.83 bits per heavy atom. The molecule has 2 aromatic rings. The van der Waals surface area contributed by atoms with Gasteiger partial charge in [-0.3, -0.25) is 9.69 Å². The fraction of sp³-hybridized carbons (Fsp3) is 0.435. The van der Waals surface area contributed by atoms with Crippen molar-refractivity contribution in [3.8, 4) is 5.75 Å². The van der Waals surface area contributed by atoms with Crippen LogP contribution in [0.3, 0.4) is 0 Å². The largest absolute Gasteiger partial charge is 0.491 e. The Bertz CT molecular complexity index is 796. The van der Waals surface area contributed by atoms with Crippen LogP contribution in [0.25, 0.3) is 0 Å². The summed E-state index contributed by atoms with van der Waals surface area (Å²) in [5.41, 5.74) is 3.87. The third-order valence-electron chi connectivity index (χ3n) is 5.02. The van der Waals surface area contributed by atoms with Crippen LogP contribution < -0.4 is 15.4 Å². The quantitative estimate of drug-likeness (QED) is 0.533. The monoisotopic (exact) mass is 397 g/mol. The second-order valence-electron chi connectivity index (χ2n) is 7.53. The van der Waals surface area contributed by atoms with Crippen molar-refractivity contribution in [1.82, 2.24) is 15.5 Å². The Hall–Kier alpha value is -2.41. The zero-order valence-corrected chi connectivity index (χ0v) is 17.1. The molecule has 3 N–H and O–H groups in total. The first kappa shape index (κ1) is 21.3. The van der Waals surface area contributed by atoms with Crippen LogP contribution in [-0.2, 0) is 24.3 Å². The molecule has 0 saturated carbocycles. The molecular weight excluding hydrogens is 366 g/mol. The summed E-state index contributed by atoms with van der Waals surface area (Å²) in [4.78, 5) is 13.1. The lowest BCUT2D eigenvalue weighted by Gasteiger charge is -2.30. The normalized spacial score (nSPS) is 14.8. The highest BCUT2D eigenvalue weighted by Gasteiger charge is 2.18. The number of fused-ring (bicyclic) bond motifs is 1. The second-order valence-corrected chi connectivity index (χ2v) is 7.53. The van der Waals surface area contributed by atoms with Crippen LogP contribution in [0.2, 0.25) is 0 Å². The summed E-state index contributed by atoms with van der Waals surface area (Å²) in [7, 11) is 0. The summed E-state index contributed by atoms with van der Waals surface area (Å²) in [5, 5.41) is 16.5. The lowest BCUT2D eigenvalue weighted by Crippen LogP contribution is -2.38. The van der Waals surface area contributed by atoms with E-state index >= 15 is 0 Å². The Labute approximate surface area is 172 Å². The van der Waals surface area contributed by atoms with Crippen molar-refractivity contribution >= 4 is 5.91 Å². The van der Waals surface area contributed by atoms with E-state index in [0.29, 0.717) is 26.2 Å². The third-order valence-corrected chi connectivity index (χ3v) is 5.02. The molecule has 3 rings (SSSR count). The molecule has 6 heteroatoms. The molecule has 1 atom stereocenters. The average molecular weight is 398 g/mol. The number of aliphatic hydroxyl groups excluding tert-OH is 1. The zero-order chi connectivity index (χ0) is 20.5. The Morgan fingerprint density at radius 2 is 2.00 bits per heavy atom. The number of β-amino-alcohol motifs (C(OH)–C–C–N with tert-alkyl or cyclic N) is 1. The maximum atomic E-state index is 10.8. The van der Waals surface area contributed by atoms with E-state index in [1.807, 2.05) is 24.3 Å². The number of aliphatic hydroxyl groups is 1. The predicted molar refractivity (Wildman–Crippen MR) is 114 cm³/mol. The van der Waals surface area contributed by atoms with Gasteiger partial charge in [0.15, 0.2) is 0 Å². The van der Waals surface area contributed by atoms with E-state index in [9.17, 15) is 9.90 Å². The number of carbonyl (C=O) groups excluding carboxylic acids is 1. The van der Waals surface area contributed by atoms with Crippen molar-refractivity contribution in [3.05, 3.63) is 65.2 Å². The number of carbonyl (C=O) groups is 1. The maximum Gasteiger partial charge on any atom is 0.216 e. The fourth-order valence-electron chi connectivity index (χ4n) is 3.56. The SMILES string of the molecule is CC(=O)NCCNCc1cccc(OC[C@H](O)CN2CCc3ccccc3C2)c1. The van der Waals surface area contributed by atoms with Gasteiger partial charge in [-0.1, -0.05) is 36.4 Å². The summed E-state index contributed by atoms with van der Waals surface area (Å²) in [6.45, 7) is 6.27. The van der Waals surface area contributed by atoms with Gasteiger partial charge >= 0.3 is 0 Å². The molecule has 0 aliphatic carbocycles. The van der Waals surface area contributed by atoms with Crippen LogP contribution in [0.1, 0.15) is 23.6 Å². The van der Waals surface area contributed by atoms with Crippen molar-refractivity contribution in [2.24, 2.45) is 0 Å². The van der Waals surface area contributed by atoms with Gasteiger partial charge in [0.05, 0.1) is 0 Å². The Morgan fingerprint density at radius 1 is 1.17 bits per heavy atom. The molecule has 156 valence electrons. The topological polar surface area (TPSA) is 73.8 Å². The summed E-state index contributed by atoms with van der Waals surface area (Å²) in [6, 6.07) is 16.4. The number of rotatable bonds is 10. The standard InChI is InChI=1S/C23H31N3O3/c1-18(27)25-11-10-24-14-19-5-4-8-23(13-19)29-17-22(28)16-26-12-9-20-6-2-3-7-21(20)15-26/h2-8,13,22,24,28H,9-12,14-17H2,1H3,(H,25,27)/t22-/m1/s1. The summed E-state index contributed by atoms with van der Waals surface area (Å²) in [5.74, 6) is 0.740. The first-order chi connectivity index (χ1) is 14.1. The Kier molecular flexibility index (Phi) is 8.04. The molecule has 0 aromatic heterocycles.